The second-order valence-corrected chi connectivity index (χ2v) is 5.06. The van der Waals surface area contributed by atoms with Gasteiger partial charge in [-0.3, -0.25) is 14.9 Å². The highest BCUT2D eigenvalue weighted by atomic mass is 16.6. The van der Waals surface area contributed by atoms with Crippen LogP contribution in [0.2, 0.25) is 0 Å². The summed E-state index contributed by atoms with van der Waals surface area (Å²) in [5.74, 6) is 0.208. The number of hydrogen-bond donors (Lipinski definition) is 1. The Labute approximate surface area is 134 Å². The van der Waals surface area contributed by atoms with Gasteiger partial charge in [0.15, 0.2) is 0 Å². The van der Waals surface area contributed by atoms with Crippen molar-refractivity contribution in [3.05, 3.63) is 63.7 Å². The molecule has 0 atom stereocenters. The second-order valence-electron chi connectivity index (χ2n) is 5.06. The standard InChI is InChI=1S/C17H18N2O4/c1-3-10-23-16-7-5-4-6-14(16)17(20)18-15-9-8-13(19(21)22)11-12(15)2/h4-9,11H,3,10H2,1-2H3,(H,18,20). The van der Waals surface area contributed by atoms with Gasteiger partial charge >= 0.3 is 0 Å². The smallest absolute Gasteiger partial charge is 0.269 e. The highest BCUT2D eigenvalue weighted by Crippen LogP contribution is 2.24. The minimum absolute atomic E-state index is 0.00724. The number of ether oxygens (including phenoxy) is 1. The Hall–Kier alpha value is -2.89. The predicted molar refractivity (Wildman–Crippen MR) is 88.0 cm³/mol. The lowest BCUT2D eigenvalue weighted by Gasteiger charge is -2.12. The van der Waals surface area contributed by atoms with Crippen molar-refractivity contribution in [2.75, 3.05) is 11.9 Å². The van der Waals surface area contributed by atoms with E-state index in [1.165, 1.54) is 18.2 Å². The number of carbonyl (C=O) groups excluding carboxylic acids is 1. The van der Waals surface area contributed by atoms with Crippen LogP contribution >= 0.6 is 0 Å². The Balaban J connectivity index is 2.21. The topological polar surface area (TPSA) is 81.5 Å². The van der Waals surface area contributed by atoms with E-state index < -0.39 is 4.92 Å². The van der Waals surface area contributed by atoms with Gasteiger partial charge in [-0.05, 0) is 37.1 Å². The first kappa shape index (κ1) is 16.5. The molecule has 2 aromatic rings. The van der Waals surface area contributed by atoms with Gasteiger partial charge in [-0.15, -0.1) is 0 Å². The number of rotatable bonds is 6. The van der Waals surface area contributed by atoms with Crippen LogP contribution in [0.1, 0.15) is 29.3 Å². The zero-order valence-corrected chi connectivity index (χ0v) is 13.0. The summed E-state index contributed by atoms with van der Waals surface area (Å²) in [7, 11) is 0. The molecule has 0 spiro atoms. The van der Waals surface area contributed by atoms with Gasteiger partial charge in [0.2, 0.25) is 0 Å². The summed E-state index contributed by atoms with van der Waals surface area (Å²) in [5, 5.41) is 13.5. The molecule has 6 heteroatoms. The van der Waals surface area contributed by atoms with E-state index in [0.29, 0.717) is 29.2 Å². The fourth-order valence-electron chi connectivity index (χ4n) is 2.08. The van der Waals surface area contributed by atoms with Crippen LogP contribution in [-0.2, 0) is 0 Å². The minimum Gasteiger partial charge on any atom is -0.493 e. The summed E-state index contributed by atoms with van der Waals surface area (Å²) < 4.78 is 5.58. The summed E-state index contributed by atoms with van der Waals surface area (Å²) in [6.07, 6.45) is 0.845. The molecule has 1 N–H and O–H groups in total. The number of benzene rings is 2. The Morgan fingerprint density at radius 2 is 2.00 bits per heavy atom. The highest BCUT2D eigenvalue weighted by Gasteiger charge is 2.14. The Morgan fingerprint density at radius 3 is 2.65 bits per heavy atom. The molecular formula is C17H18N2O4. The number of aryl methyl sites for hydroxylation is 1. The molecule has 0 saturated heterocycles. The Bertz CT molecular complexity index is 728. The molecule has 0 fully saturated rings. The molecule has 0 bridgehead atoms. The molecule has 2 rings (SSSR count). The van der Waals surface area contributed by atoms with Crippen LogP contribution in [-0.4, -0.2) is 17.4 Å². The lowest BCUT2D eigenvalue weighted by Crippen LogP contribution is -2.14. The number of amides is 1. The van der Waals surface area contributed by atoms with Gasteiger partial charge < -0.3 is 10.1 Å². The second kappa shape index (κ2) is 7.40. The third kappa shape index (κ3) is 4.06. The fraction of sp³-hybridized carbons (Fsp3) is 0.235. The molecule has 0 aliphatic carbocycles. The summed E-state index contributed by atoms with van der Waals surface area (Å²) in [6, 6.07) is 11.3. The lowest BCUT2D eigenvalue weighted by atomic mass is 10.1. The number of anilines is 1. The van der Waals surface area contributed by atoms with Crippen molar-refractivity contribution in [2.24, 2.45) is 0 Å². The maximum absolute atomic E-state index is 12.4. The van der Waals surface area contributed by atoms with Crippen LogP contribution in [0.15, 0.2) is 42.5 Å². The molecule has 120 valence electrons. The van der Waals surface area contributed by atoms with Crippen molar-refractivity contribution in [2.45, 2.75) is 20.3 Å². The van der Waals surface area contributed by atoms with Crippen molar-refractivity contribution in [3.63, 3.8) is 0 Å². The number of nitro groups is 1. The maximum atomic E-state index is 12.4. The molecule has 6 nitrogen and oxygen atoms in total. The van der Waals surface area contributed by atoms with Crippen LogP contribution < -0.4 is 10.1 Å². The normalized spacial score (nSPS) is 10.2. The van der Waals surface area contributed by atoms with Crippen LogP contribution in [0.5, 0.6) is 5.75 Å². The minimum atomic E-state index is -0.466. The quantitative estimate of drug-likeness (QED) is 0.646. The number of para-hydroxylation sites is 1. The zero-order chi connectivity index (χ0) is 16.8. The van der Waals surface area contributed by atoms with Gasteiger partial charge in [-0.2, -0.15) is 0 Å². The van der Waals surface area contributed by atoms with E-state index in [1.54, 1.807) is 31.2 Å². The van der Waals surface area contributed by atoms with E-state index in [4.69, 9.17) is 4.74 Å². The van der Waals surface area contributed by atoms with E-state index in [9.17, 15) is 14.9 Å². The third-order valence-electron chi connectivity index (χ3n) is 3.26. The van der Waals surface area contributed by atoms with E-state index in [1.807, 2.05) is 6.92 Å². The SMILES string of the molecule is CCCOc1ccccc1C(=O)Nc1ccc([N+](=O)[O-])cc1C. The van der Waals surface area contributed by atoms with Gasteiger partial charge in [0.1, 0.15) is 5.75 Å². The highest BCUT2D eigenvalue weighted by molar-refractivity contribution is 6.06. The Morgan fingerprint density at radius 1 is 1.26 bits per heavy atom. The predicted octanol–water partition coefficient (Wildman–Crippen LogP) is 3.94. The monoisotopic (exact) mass is 314 g/mol. The Kier molecular flexibility index (Phi) is 5.30. The van der Waals surface area contributed by atoms with Gasteiger partial charge in [0.25, 0.3) is 11.6 Å². The number of carbonyl (C=O) groups is 1. The molecule has 23 heavy (non-hydrogen) atoms. The molecule has 0 unspecified atom stereocenters. The lowest BCUT2D eigenvalue weighted by molar-refractivity contribution is -0.384. The van der Waals surface area contributed by atoms with Gasteiger partial charge in [-0.25, -0.2) is 0 Å². The van der Waals surface area contributed by atoms with Gasteiger partial charge in [0.05, 0.1) is 17.1 Å². The number of nitrogens with one attached hydrogen (secondary N) is 1. The number of nitro benzene ring substituents is 1. The molecule has 1 amide bonds. The number of hydrogen-bond acceptors (Lipinski definition) is 4. The van der Waals surface area contributed by atoms with Crippen LogP contribution in [0.4, 0.5) is 11.4 Å². The van der Waals surface area contributed by atoms with Crippen LogP contribution in [0, 0.1) is 17.0 Å². The first-order valence-corrected chi connectivity index (χ1v) is 7.31. The van der Waals surface area contributed by atoms with E-state index in [-0.39, 0.29) is 11.6 Å². The average Bonchev–Trinajstić information content (AvgIpc) is 2.54. The number of nitrogens with zero attached hydrogens (tertiary/aromatic N) is 1. The van der Waals surface area contributed by atoms with Crippen molar-refractivity contribution in [1.29, 1.82) is 0 Å². The first-order chi connectivity index (χ1) is 11.0. The summed E-state index contributed by atoms with van der Waals surface area (Å²) >= 11 is 0. The largest absolute Gasteiger partial charge is 0.493 e. The fourth-order valence-corrected chi connectivity index (χ4v) is 2.08. The van der Waals surface area contributed by atoms with E-state index in [0.717, 1.165) is 6.42 Å². The molecule has 2 aromatic carbocycles. The molecule has 0 saturated carbocycles. The van der Waals surface area contributed by atoms with Gasteiger partial charge in [-0.1, -0.05) is 19.1 Å². The van der Waals surface area contributed by atoms with Gasteiger partial charge in [0, 0.05) is 17.8 Å². The third-order valence-corrected chi connectivity index (χ3v) is 3.26. The van der Waals surface area contributed by atoms with Crippen molar-refractivity contribution in [3.8, 4) is 5.75 Å². The van der Waals surface area contributed by atoms with Crippen LogP contribution in [0.3, 0.4) is 0 Å². The molecule has 0 radical (unpaired) electrons. The van der Waals surface area contributed by atoms with Crippen molar-refractivity contribution < 1.29 is 14.5 Å². The first-order valence-electron chi connectivity index (χ1n) is 7.31. The van der Waals surface area contributed by atoms with Crippen molar-refractivity contribution >= 4 is 17.3 Å². The van der Waals surface area contributed by atoms with E-state index >= 15 is 0 Å². The summed E-state index contributed by atoms with van der Waals surface area (Å²) in [5.41, 5.74) is 1.58. The van der Waals surface area contributed by atoms with E-state index in [2.05, 4.69) is 5.32 Å². The summed E-state index contributed by atoms with van der Waals surface area (Å²) in [4.78, 5) is 22.7. The molecule has 0 aliphatic rings. The molecule has 0 aliphatic heterocycles. The molecular weight excluding hydrogens is 296 g/mol. The summed E-state index contributed by atoms with van der Waals surface area (Å²) in [6.45, 7) is 4.23. The molecule has 0 aromatic heterocycles. The average molecular weight is 314 g/mol. The molecule has 0 heterocycles. The maximum Gasteiger partial charge on any atom is 0.269 e. The zero-order valence-electron chi connectivity index (χ0n) is 13.0. The number of non-ortho nitro benzene ring substituents is 1. The van der Waals surface area contributed by atoms with Crippen molar-refractivity contribution in [1.82, 2.24) is 0 Å². The van der Waals surface area contributed by atoms with Crippen LogP contribution in [0.25, 0.3) is 0 Å².